The molecule has 2 unspecified atom stereocenters. The van der Waals surface area contributed by atoms with Gasteiger partial charge in [-0.25, -0.2) is 0 Å². The number of nitrogens with one attached hydrogen (secondary N) is 1. The lowest BCUT2D eigenvalue weighted by atomic mass is 9.99. The number of hydrogen-bond donors (Lipinski definition) is 2. The van der Waals surface area contributed by atoms with Crippen molar-refractivity contribution in [2.75, 3.05) is 13.1 Å². The Morgan fingerprint density at radius 3 is 2.67 bits per heavy atom. The van der Waals surface area contributed by atoms with Crippen LogP contribution < -0.4 is 11.1 Å². The van der Waals surface area contributed by atoms with Crippen molar-refractivity contribution >= 4 is 11.8 Å². The lowest BCUT2D eigenvalue weighted by Gasteiger charge is -2.35. The van der Waals surface area contributed by atoms with Crippen LogP contribution >= 0.6 is 0 Å². The zero-order chi connectivity index (χ0) is 17.4. The van der Waals surface area contributed by atoms with Crippen LogP contribution in [-0.4, -0.2) is 35.8 Å². The lowest BCUT2D eigenvalue weighted by Crippen LogP contribution is -2.49. The summed E-state index contributed by atoms with van der Waals surface area (Å²) in [6.07, 6.45) is 5.33. The second-order valence-electron chi connectivity index (χ2n) is 6.44. The number of piperidine rings is 1. The topological polar surface area (TPSA) is 75.4 Å². The van der Waals surface area contributed by atoms with E-state index in [1.165, 1.54) is 0 Å². The molecule has 1 heterocycles. The highest BCUT2D eigenvalue weighted by atomic mass is 16.2. The van der Waals surface area contributed by atoms with E-state index < -0.39 is 6.04 Å². The Bertz CT molecular complexity index is 533. The number of hydrogen-bond acceptors (Lipinski definition) is 3. The van der Waals surface area contributed by atoms with Crippen molar-refractivity contribution in [3.63, 3.8) is 0 Å². The summed E-state index contributed by atoms with van der Waals surface area (Å²) in [6, 6.07) is 8.95. The fourth-order valence-electron chi connectivity index (χ4n) is 3.19. The molecule has 24 heavy (non-hydrogen) atoms. The minimum absolute atomic E-state index is 0.0384. The third-order valence-electron chi connectivity index (χ3n) is 4.57. The van der Waals surface area contributed by atoms with Gasteiger partial charge in [-0.2, -0.15) is 0 Å². The molecule has 5 heteroatoms. The number of carbonyl (C=O) groups excluding carboxylic acids is 2. The van der Waals surface area contributed by atoms with Crippen LogP contribution in [0.3, 0.4) is 0 Å². The third kappa shape index (κ3) is 4.81. The highest BCUT2D eigenvalue weighted by Crippen LogP contribution is 2.26. The number of rotatable bonds is 8. The molecule has 5 nitrogen and oxygen atoms in total. The predicted octanol–water partition coefficient (Wildman–Crippen LogP) is 2.37. The van der Waals surface area contributed by atoms with Crippen LogP contribution in [0.25, 0.3) is 0 Å². The van der Waals surface area contributed by atoms with E-state index in [0.717, 1.165) is 37.7 Å². The van der Waals surface area contributed by atoms with Crippen molar-refractivity contribution in [2.45, 2.75) is 57.5 Å². The van der Waals surface area contributed by atoms with Crippen LogP contribution in [-0.2, 0) is 9.59 Å². The maximum atomic E-state index is 13.0. The van der Waals surface area contributed by atoms with Crippen molar-refractivity contribution in [3.8, 4) is 0 Å². The van der Waals surface area contributed by atoms with Gasteiger partial charge >= 0.3 is 0 Å². The molecular formula is C19H29N3O2. The lowest BCUT2D eigenvalue weighted by molar-refractivity contribution is -0.143. The van der Waals surface area contributed by atoms with Gasteiger partial charge in [0, 0.05) is 25.6 Å². The van der Waals surface area contributed by atoms with E-state index in [1.54, 1.807) is 4.90 Å². The van der Waals surface area contributed by atoms with E-state index in [1.807, 2.05) is 30.3 Å². The molecule has 2 rings (SSSR count). The summed E-state index contributed by atoms with van der Waals surface area (Å²) < 4.78 is 0. The first-order valence-corrected chi connectivity index (χ1v) is 9.02. The molecule has 2 atom stereocenters. The monoisotopic (exact) mass is 331 g/mol. The van der Waals surface area contributed by atoms with E-state index in [2.05, 4.69) is 12.2 Å². The molecule has 1 aromatic rings. The Hall–Kier alpha value is -1.88. The van der Waals surface area contributed by atoms with E-state index in [-0.39, 0.29) is 17.9 Å². The Morgan fingerprint density at radius 2 is 2.04 bits per heavy atom. The summed E-state index contributed by atoms with van der Waals surface area (Å²) in [4.78, 5) is 27.0. The molecule has 0 bridgehead atoms. The predicted molar refractivity (Wildman–Crippen MR) is 95.3 cm³/mol. The minimum atomic E-state index is -0.560. The van der Waals surface area contributed by atoms with Crippen LogP contribution in [0.15, 0.2) is 30.3 Å². The Morgan fingerprint density at radius 1 is 1.29 bits per heavy atom. The summed E-state index contributed by atoms with van der Waals surface area (Å²) in [5.41, 5.74) is 6.67. The fraction of sp³-hybridized carbons (Fsp3) is 0.579. The molecule has 1 aliphatic heterocycles. The molecule has 3 N–H and O–H groups in total. The zero-order valence-electron chi connectivity index (χ0n) is 14.5. The summed E-state index contributed by atoms with van der Waals surface area (Å²) in [7, 11) is 0. The molecule has 0 saturated carbocycles. The van der Waals surface area contributed by atoms with Crippen molar-refractivity contribution in [3.05, 3.63) is 35.9 Å². The third-order valence-corrected chi connectivity index (χ3v) is 4.57. The minimum Gasteiger partial charge on any atom is -0.350 e. The second-order valence-corrected chi connectivity index (χ2v) is 6.44. The van der Waals surface area contributed by atoms with Crippen LogP contribution in [0.4, 0.5) is 0 Å². The van der Waals surface area contributed by atoms with E-state index >= 15 is 0 Å². The van der Waals surface area contributed by atoms with Gasteiger partial charge in [0.15, 0.2) is 0 Å². The summed E-state index contributed by atoms with van der Waals surface area (Å²) in [6.45, 7) is 3.17. The number of nitrogens with zero attached hydrogens (tertiary/aromatic N) is 1. The van der Waals surface area contributed by atoms with E-state index in [9.17, 15) is 9.59 Å². The molecule has 0 spiro atoms. The first-order chi connectivity index (χ1) is 11.7. The smallest absolute Gasteiger partial charge is 0.247 e. The van der Waals surface area contributed by atoms with Gasteiger partial charge in [0.05, 0.1) is 0 Å². The molecule has 2 amide bonds. The van der Waals surface area contributed by atoms with Crippen LogP contribution in [0.2, 0.25) is 0 Å². The van der Waals surface area contributed by atoms with Gasteiger partial charge < -0.3 is 16.0 Å². The standard InChI is InChI=1S/C19H29N3O2/c1-2-3-11-16(14-20)21-19(24)18(15-9-5-4-6-10-15)22-13-8-7-12-17(22)23/h4-6,9-10,16,18H,2-3,7-8,11-14,20H2,1H3,(H,21,24). The number of likely N-dealkylation sites (tertiary alicyclic amines) is 1. The van der Waals surface area contributed by atoms with Crippen LogP contribution in [0.1, 0.15) is 57.1 Å². The van der Waals surface area contributed by atoms with Crippen molar-refractivity contribution in [2.24, 2.45) is 5.73 Å². The number of unbranched alkanes of at least 4 members (excludes halogenated alkanes) is 1. The van der Waals surface area contributed by atoms with Gasteiger partial charge in [0.25, 0.3) is 0 Å². The van der Waals surface area contributed by atoms with Crippen molar-refractivity contribution < 1.29 is 9.59 Å². The van der Waals surface area contributed by atoms with Gasteiger partial charge in [-0.05, 0) is 24.8 Å². The number of nitrogens with two attached hydrogens (primary N) is 1. The summed E-state index contributed by atoms with van der Waals surface area (Å²) in [5, 5.41) is 3.06. The molecule has 1 saturated heterocycles. The number of benzene rings is 1. The van der Waals surface area contributed by atoms with Crippen molar-refractivity contribution in [1.82, 2.24) is 10.2 Å². The van der Waals surface area contributed by atoms with Gasteiger partial charge in [-0.3, -0.25) is 9.59 Å². The highest BCUT2D eigenvalue weighted by molar-refractivity contribution is 5.89. The summed E-state index contributed by atoms with van der Waals surface area (Å²) in [5.74, 6) is -0.0638. The Balaban J connectivity index is 2.18. The van der Waals surface area contributed by atoms with Crippen LogP contribution in [0.5, 0.6) is 0 Å². The molecule has 0 aliphatic carbocycles. The molecular weight excluding hydrogens is 302 g/mol. The normalized spacial score (nSPS) is 17.4. The molecule has 1 aromatic carbocycles. The van der Waals surface area contributed by atoms with Gasteiger partial charge in [0.1, 0.15) is 6.04 Å². The molecule has 1 fully saturated rings. The second kappa shape index (κ2) is 9.42. The Labute approximate surface area is 144 Å². The molecule has 132 valence electrons. The first-order valence-electron chi connectivity index (χ1n) is 9.02. The number of amides is 2. The maximum absolute atomic E-state index is 13.0. The quantitative estimate of drug-likeness (QED) is 0.768. The van der Waals surface area contributed by atoms with Crippen LogP contribution in [0, 0.1) is 0 Å². The maximum Gasteiger partial charge on any atom is 0.247 e. The van der Waals surface area contributed by atoms with E-state index in [0.29, 0.717) is 19.5 Å². The van der Waals surface area contributed by atoms with E-state index in [4.69, 9.17) is 5.73 Å². The summed E-state index contributed by atoms with van der Waals surface area (Å²) >= 11 is 0. The highest BCUT2D eigenvalue weighted by Gasteiger charge is 2.33. The average molecular weight is 331 g/mol. The average Bonchev–Trinajstić information content (AvgIpc) is 2.61. The Kier molecular flexibility index (Phi) is 7.25. The SMILES string of the molecule is CCCCC(CN)NC(=O)C(c1ccccc1)N1CCCCC1=O. The molecule has 1 aliphatic rings. The van der Waals surface area contributed by atoms with Gasteiger partial charge in [-0.15, -0.1) is 0 Å². The zero-order valence-corrected chi connectivity index (χ0v) is 14.5. The molecule has 0 aromatic heterocycles. The fourth-order valence-corrected chi connectivity index (χ4v) is 3.19. The number of carbonyl (C=O) groups is 2. The largest absolute Gasteiger partial charge is 0.350 e. The van der Waals surface area contributed by atoms with Crippen molar-refractivity contribution in [1.29, 1.82) is 0 Å². The molecule has 0 radical (unpaired) electrons. The van der Waals surface area contributed by atoms with Gasteiger partial charge in [-0.1, -0.05) is 50.1 Å². The first kappa shape index (κ1) is 18.5. The van der Waals surface area contributed by atoms with Gasteiger partial charge in [0.2, 0.25) is 11.8 Å².